The van der Waals surface area contributed by atoms with Crippen LogP contribution in [0.15, 0.2) is 23.1 Å². The summed E-state index contributed by atoms with van der Waals surface area (Å²) in [6.45, 7) is 3.35. The molecule has 0 saturated carbocycles. The smallest absolute Gasteiger partial charge is 0.240 e. The van der Waals surface area contributed by atoms with Gasteiger partial charge in [-0.1, -0.05) is 6.07 Å². The molecule has 1 saturated heterocycles. The molecule has 6 heteroatoms. The van der Waals surface area contributed by atoms with Crippen LogP contribution >= 0.6 is 0 Å². The molecule has 1 aromatic carbocycles. The molecule has 5 nitrogen and oxygen atoms in total. The molecule has 0 aromatic heterocycles. The van der Waals surface area contributed by atoms with Gasteiger partial charge in [-0.05, 0) is 69.1 Å². The average molecular weight is 323 g/mol. The number of benzene rings is 1. The van der Waals surface area contributed by atoms with Crippen molar-refractivity contribution in [2.45, 2.75) is 43.2 Å². The van der Waals surface area contributed by atoms with Gasteiger partial charge in [0, 0.05) is 19.1 Å². The summed E-state index contributed by atoms with van der Waals surface area (Å²) >= 11 is 0. The molecule has 1 aromatic rings. The maximum Gasteiger partial charge on any atom is 0.240 e. The van der Waals surface area contributed by atoms with Crippen molar-refractivity contribution in [2.75, 3.05) is 26.7 Å². The molecule has 2 heterocycles. The Morgan fingerprint density at radius 3 is 3.00 bits per heavy atom. The van der Waals surface area contributed by atoms with Crippen LogP contribution in [0, 0.1) is 0 Å². The van der Waals surface area contributed by atoms with Crippen LogP contribution in [0.1, 0.15) is 30.4 Å². The first-order chi connectivity index (χ1) is 10.6. The van der Waals surface area contributed by atoms with Gasteiger partial charge in [0.2, 0.25) is 10.0 Å². The number of likely N-dealkylation sites (tertiary alicyclic amines) is 1. The third-order valence-corrected chi connectivity index (χ3v) is 6.27. The first kappa shape index (κ1) is 15.9. The van der Waals surface area contributed by atoms with E-state index in [1.54, 1.807) is 6.07 Å². The molecule has 0 amide bonds. The van der Waals surface area contributed by atoms with Crippen molar-refractivity contribution in [1.29, 1.82) is 0 Å². The standard InChI is InChI=1S/C16H25N3O2S/c1-19-10-2-3-15(19)7-9-18-22(20,21)16-5-4-13-6-8-17-12-14(13)11-16/h4-5,11,15,17-18H,2-3,6-10,12H2,1H3/t15-/m1/s1. The molecule has 2 aliphatic heterocycles. The van der Waals surface area contributed by atoms with Crippen LogP contribution < -0.4 is 10.0 Å². The molecular formula is C16H25N3O2S. The quantitative estimate of drug-likeness (QED) is 0.852. The molecule has 22 heavy (non-hydrogen) atoms. The molecule has 122 valence electrons. The summed E-state index contributed by atoms with van der Waals surface area (Å²) < 4.78 is 27.6. The second-order valence-corrected chi connectivity index (χ2v) is 8.09. The van der Waals surface area contributed by atoms with Crippen molar-refractivity contribution >= 4 is 10.0 Å². The molecule has 1 fully saturated rings. The Morgan fingerprint density at radius 2 is 2.23 bits per heavy atom. The lowest BCUT2D eigenvalue weighted by molar-refractivity contribution is 0.297. The molecule has 2 N–H and O–H groups in total. The van der Waals surface area contributed by atoms with E-state index in [4.69, 9.17) is 0 Å². The SMILES string of the molecule is CN1CCC[C@@H]1CCNS(=O)(=O)c1ccc2c(c1)CNCC2. The molecule has 0 radical (unpaired) electrons. The van der Waals surface area contributed by atoms with Crippen LogP contribution in [0.3, 0.4) is 0 Å². The van der Waals surface area contributed by atoms with Gasteiger partial charge in [-0.2, -0.15) is 0 Å². The first-order valence-electron chi connectivity index (χ1n) is 8.09. The Bertz CT molecular complexity index is 630. The van der Waals surface area contributed by atoms with Gasteiger partial charge < -0.3 is 10.2 Å². The van der Waals surface area contributed by atoms with Crippen molar-refractivity contribution in [1.82, 2.24) is 14.9 Å². The van der Waals surface area contributed by atoms with Crippen molar-refractivity contribution < 1.29 is 8.42 Å². The number of hydrogen-bond donors (Lipinski definition) is 2. The van der Waals surface area contributed by atoms with Gasteiger partial charge in [-0.3, -0.25) is 0 Å². The topological polar surface area (TPSA) is 61.4 Å². The summed E-state index contributed by atoms with van der Waals surface area (Å²) in [4.78, 5) is 2.70. The summed E-state index contributed by atoms with van der Waals surface area (Å²) in [6, 6.07) is 6.00. The van der Waals surface area contributed by atoms with Gasteiger partial charge in [0.25, 0.3) is 0 Å². The maximum absolute atomic E-state index is 12.4. The highest BCUT2D eigenvalue weighted by atomic mass is 32.2. The van der Waals surface area contributed by atoms with Gasteiger partial charge >= 0.3 is 0 Å². The summed E-state index contributed by atoms with van der Waals surface area (Å²) in [5.41, 5.74) is 2.36. The van der Waals surface area contributed by atoms with E-state index in [-0.39, 0.29) is 0 Å². The Labute approximate surface area is 133 Å². The lowest BCUT2D eigenvalue weighted by Crippen LogP contribution is -2.32. The minimum Gasteiger partial charge on any atom is -0.312 e. The number of fused-ring (bicyclic) bond motifs is 1. The van der Waals surface area contributed by atoms with E-state index in [1.165, 1.54) is 18.4 Å². The van der Waals surface area contributed by atoms with Crippen molar-refractivity contribution in [2.24, 2.45) is 0 Å². The zero-order chi connectivity index (χ0) is 15.6. The highest BCUT2D eigenvalue weighted by Crippen LogP contribution is 2.20. The van der Waals surface area contributed by atoms with Gasteiger partial charge in [-0.25, -0.2) is 13.1 Å². The van der Waals surface area contributed by atoms with Crippen LogP contribution in [-0.2, 0) is 23.0 Å². The van der Waals surface area contributed by atoms with E-state index in [1.807, 2.05) is 12.1 Å². The molecule has 0 aliphatic carbocycles. The van der Waals surface area contributed by atoms with Gasteiger partial charge in [-0.15, -0.1) is 0 Å². The highest BCUT2D eigenvalue weighted by Gasteiger charge is 2.22. The fourth-order valence-corrected chi connectivity index (χ4v) is 4.51. The van der Waals surface area contributed by atoms with Crippen molar-refractivity contribution in [3.8, 4) is 0 Å². The minimum absolute atomic E-state index is 0.384. The normalized spacial score (nSPS) is 22.7. The fourth-order valence-electron chi connectivity index (χ4n) is 3.41. The number of nitrogens with one attached hydrogen (secondary N) is 2. The van der Waals surface area contributed by atoms with Crippen LogP contribution in [0.2, 0.25) is 0 Å². The Kier molecular flexibility index (Phi) is 4.82. The minimum atomic E-state index is -3.40. The van der Waals surface area contributed by atoms with E-state index >= 15 is 0 Å². The first-order valence-corrected chi connectivity index (χ1v) is 9.57. The third-order valence-electron chi connectivity index (χ3n) is 4.82. The summed E-state index contributed by atoms with van der Waals surface area (Å²) in [5.74, 6) is 0. The zero-order valence-corrected chi connectivity index (χ0v) is 14.0. The Balaban J connectivity index is 1.62. The predicted octanol–water partition coefficient (Wildman–Crippen LogP) is 1.09. The van der Waals surface area contributed by atoms with E-state index in [0.29, 0.717) is 17.5 Å². The summed E-state index contributed by atoms with van der Waals surface area (Å²) in [7, 11) is -1.29. The number of hydrogen-bond acceptors (Lipinski definition) is 4. The van der Waals surface area contributed by atoms with E-state index < -0.39 is 10.0 Å². The molecular weight excluding hydrogens is 298 g/mol. The van der Waals surface area contributed by atoms with Gasteiger partial charge in [0.05, 0.1) is 4.90 Å². The molecule has 0 unspecified atom stereocenters. The third kappa shape index (κ3) is 3.51. The second-order valence-electron chi connectivity index (χ2n) is 6.32. The van der Waals surface area contributed by atoms with Crippen LogP contribution in [0.25, 0.3) is 0 Å². The fraction of sp³-hybridized carbons (Fsp3) is 0.625. The van der Waals surface area contributed by atoms with E-state index in [2.05, 4.69) is 22.0 Å². The van der Waals surface area contributed by atoms with Gasteiger partial charge in [0.1, 0.15) is 0 Å². The largest absolute Gasteiger partial charge is 0.312 e. The molecule has 0 bridgehead atoms. The summed E-state index contributed by atoms with van der Waals surface area (Å²) in [5, 5.41) is 3.28. The van der Waals surface area contributed by atoms with Crippen molar-refractivity contribution in [3.05, 3.63) is 29.3 Å². The summed E-state index contributed by atoms with van der Waals surface area (Å²) in [6.07, 6.45) is 4.23. The van der Waals surface area contributed by atoms with Crippen LogP contribution in [-0.4, -0.2) is 46.0 Å². The molecule has 0 spiro atoms. The van der Waals surface area contributed by atoms with Gasteiger partial charge in [0.15, 0.2) is 0 Å². The van der Waals surface area contributed by atoms with Crippen LogP contribution in [0.4, 0.5) is 0 Å². The maximum atomic E-state index is 12.4. The van der Waals surface area contributed by atoms with E-state index in [9.17, 15) is 8.42 Å². The average Bonchev–Trinajstić information content (AvgIpc) is 2.92. The predicted molar refractivity (Wildman–Crippen MR) is 87.3 cm³/mol. The Hall–Kier alpha value is -0.950. The van der Waals surface area contributed by atoms with Crippen LogP contribution in [0.5, 0.6) is 0 Å². The van der Waals surface area contributed by atoms with E-state index in [0.717, 1.165) is 38.0 Å². The van der Waals surface area contributed by atoms with Crippen molar-refractivity contribution in [3.63, 3.8) is 0 Å². The number of rotatable bonds is 5. The number of nitrogens with zero attached hydrogens (tertiary/aromatic N) is 1. The monoisotopic (exact) mass is 323 g/mol. The Morgan fingerprint density at radius 1 is 1.36 bits per heavy atom. The second kappa shape index (κ2) is 6.66. The lowest BCUT2D eigenvalue weighted by atomic mass is 10.0. The number of sulfonamides is 1. The molecule has 2 aliphatic rings. The highest BCUT2D eigenvalue weighted by molar-refractivity contribution is 7.89. The lowest BCUT2D eigenvalue weighted by Gasteiger charge is -2.20. The molecule has 1 atom stereocenters. The molecule has 3 rings (SSSR count). The zero-order valence-electron chi connectivity index (χ0n) is 13.1.